The number of carbonyl (C=O) groups excluding carboxylic acids is 1. The Morgan fingerprint density at radius 3 is 2.86 bits per heavy atom. The molecule has 1 rings (SSSR count). The minimum Gasteiger partial charge on any atom is -0.294 e. The average molecular weight is 212 g/mol. The highest BCUT2D eigenvalue weighted by atomic mass is 35.5. The van der Waals surface area contributed by atoms with Crippen LogP contribution in [0.15, 0.2) is 18.2 Å². The molecule has 0 saturated heterocycles. The van der Waals surface area contributed by atoms with Gasteiger partial charge in [-0.2, -0.15) is 5.26 Å². The zero-order valence-corrected chi connectivity index (χ0v) is 8.01. The van der Waals surface area contributed by atoms with Crippen molar-refractivity contribution in [3.05, 3.63) is 35.1 Å². The second-order valence-corrected chi connectivity index (χ2v) is 3.01. The fraction of sp³-hybridized carbons (Fsp3) is 0.200. The van der Waals surface area contributed by atoms with Gasteiger partial charge in [0.2, 0.25) is 0 Å². The van der Waals surface area contributed by atoms with E-state index in [2.05, 4.69) is 0 Å². The Balaban J connectivity index is 3.18. The van der Waals surface area contributed by atoms with Gasteiger partial charge in [0.25, 0.3) is 0 Å². The molecule has 0 aliphatic rings. The number of hydrogen-bond donors (Lipinski definition) is 0. The van der Waals surface area contributed by atoms with Crippen molar-refractivity contribution in [3.8, 4) is 6.07 Å². The van der Waals surface area contributed by atoms with Gasteiger partial charge in [0.15, 0.2) is 5.78 Å². The summed E-state index contributed by atoms with van der Waals surface area (Å²) in [5.41, 5.74) is -0.101. The number of carbonyl (C=O) groups is 1. The van der Waals surface area contributed by atoms with Crippen LogP contribution in [-0.2, 0) is 0 Å². The minimum atomic E-state index is -0.667. The molecule has 0 heterocycles. The maximum absolute atomic E-state index is 13.2. The molecule has 0 N–H and O–H groups in total. The lowest BCUT2D eigenvalue weighted by molar-refractivity contribution is 0.0985. The van der Waals surface area contributed by atoms with E-state index in [0.29, 0.717) is 0 Å². The summed E-state index contributed by atoms with van der Waals surface area (Å²) in [5, 5.41) is 8.66. The van der Waals surface area contributed by atoms with Gasteiger partial charge >= 0.3 is 0 Å². The summed E-state index contributed by atoms with van der Waals surface area (Å²) in [4.78, 5) is 11.4. The highest BCUT2D eigenvalue weighted by Gasteiger charge is 2.15. The Morgan fingerprint density at radius 2 is 2.29 bits per heavy atom. The van der Waals surface area contributed by atoms with E-state index in [1.54, 1.807) is 6.07 Å². The molecule has 0 atom stereocenters. The second kappa shape index (κ2) is 4.73. The summed E-state index contributed by atoms with van der Waals surface area (Å²) in [6.45, 7) is 0. The van der Waals surface area contributed by atoms with Gasteiger partial charge in [-0.25, -0.2) is 4.39 Å². The smallest absolute Gasteiger partial charge is 0.168 e. The third kappa shape index (κ3) is 2.09. The quantitative estimate of drug-likeness (QED) is 0.569. The molecule has 2 nitrogen and oxygen atoms in total. The van der Waals surface area contributed by atoms with Gasteiger partial charge in [-0.1, -0.05) is 6.07 Å². The molecular weight excluding hydrogens is 205 g/mol. The molecular formula is C10H7ClFNO. The first-order valence-corrected chi connectivity index (χ1v) is 4.52. The van der Waals surface area contributed by atoms with Gasteiger partial charge in [0.05, 0.1) is 17.2 Å². The van der Waals surface area contributed by atoms with Gasteiger partial charge in [0.1, 0.15) is 5.82 Å². The predicted molar refractivity (Wildman–Crippen MR) is 50.8 cm³/mol. The Hall–Kier alpha value is -1.40. The number of halogens is 2. The third-order valence-corrected chi connectivity index (χ3v) is 1.92. The molecule has 0 spiro atoms. The monoisotopic (exact) mass is 211 g/mol. The van der Waals surface area contributed by atoms with E-state index in [9.17, 15) is 9.18 Å². The zero-order chi connectivity index (χ0) is 10.6. The molecule has 0 aliphatic heterocycles. The molecule has 1 aromatic rings. The first-order valence-electron chi connectivity index (χ1n) is 3.98. The standard InChI is InChI=1S/C10H7ClFNO/c11-5-4-9(14)10-7(6-13)2-1-3-8(10)12/h1-3H,4-5H2. The topological polar surface area (TPSA) is 40.9 Å². The third-order valence-electron chi connectivity index (χ3n) is 1.73. The highest BCUT2D eigenvalue weighted by Crippen LogP contribution is 2.15. The van der Waals surface area contributed by atoms with Crippen molar-refractivity contribution in [2.45, 2.75) is 6.42 Å². The van der Waals surface area contributed by atoms with Gasteiger partial charge in [-0.3, -0.25) is 4.79 Å². The molecule has 4 heteroatoms. The highest BCUT2D eigenvalue weighted by molar-refractivity contribution is 6.19. The SMILES string of the molecule is N#Cc1cccc(F)c1C(=O)CCCl. The van der Waals surface area contributed by atoms with E-state index in [1.165, 1.54) is 12.1 Å². The number of hydrogen-bond acceptors (Lipinski definition) is 2. The number of Topliss-reactive ketones (excluding diaryl/α,β-unsaturated/α-hetero) is 1. The van der Waals surface area contributed by atoms with E-state index < -0.39 is 11.6 Å². The van der Waals surface area contributed by atoms with E-state index >= 15 is 0 Å². The number of ketones is 1. The number of nitriles is 1. The van der Waals surface area contributed by atoms with Crippen LogP contribution in [-0.4, -0.2) is 11.7 Å². The summed E-state index contributed by atoms with van der Waals surface area (Å²) in [6, 6.07) is 5.73. The maximum Gasteiger partial charge on any atom is 0.168 e. The fourth-order valence-electron chi connectivity index (χ4n) is 1.11. The summed E-state index contributed by atoms with van der Waals surface area (Å²) in [5.74, 6) is -0.980. The Bertz CT molecular complexity index is 398. The molecule has 0 saturated carbocycles. The number of benzene rings is 1. The van der Waals surface area contributed by atoms with E-state index in [-0.39, 0.29) is 23.4 Å². The predicted octanol–water partition coefficient (Wildman–Crippen LogP) is 2.51. The largest absolute Gasteiger partial charge is 0.294 e. The van der Waals surface area contributed by atoms with Gasteiger partial charge in [-0.15, -0.1) is 11.6 Å². The molecule has 0 bridgehead atoms. The Kier molecular flexibility index (Phi) is 3.61. The Labute approximate surface area is 85.9 Å². The molecule has 0 aromatic heterocycles. The summed E-state index contributed by atoms with van der Waals surface area (Å²) < 4.78 is 13.2. The summed E-state index contributed by atoms with van der Waals surface area (Å²) >= 11 is 5.37. The molecule has 0 fully saturated rings. The molecule has 14 heavy (non-hydrogen) atoms. The summed E-state index contributed by atoms with van der Waals surface area (Å²) in [7, 11) is 0. The lowest BCUT2D eigenvalue weighted by Crippen LogP contribution is -2.05. The number of alkyl halides is 1. The van der Waals surface area contributed by atoms with E-state index in [0.717, 1.165) is 6.07 Å². The van der Waals surface area contributed by atoms with Crippen molar-refractivity contribution in [2.75, 3.05) is 5.88 Å². The lowest BCUT2D eigenvalue weighted by atomic mass is 10.0. The van der Waals surface area contributed by atoms with Crippen molar-refractivity contribution in [3.63, 3.8) is 0 Å². The maximum atomic E-state index is 13.2. The molecule has 0 aliphatic carbocycles. The molecule has 1 aromatic carbocycles. The van der Waals surface area contributed by atoms with E-state index in [4.69, 9.17) is 16.9 Å². The molecule has 72 valence electrons. The van der Waals surface area contributed by atoms with Crippen molar-refractivity contribution < 1.29 is 9.18 Å². The lowest BCUT2D eigenvalue weighted by Gasteiger charge is -2.02. The van der Waals surface area contributed by atoms with Crippen LogP contribution in [0.4, 0.5) is 4.39 Å². The zero-order valence-electron chi connectivity index (χ0n) is 7.26. The van der Waals surface area contributed by atoms with Crippen LogP contribution in [0, 0.1) is 17.1 Å². The van der Waals surface area contributed by atoms with Crippen LogP contribution in [0.2, 0.25) is 0 Å². The van der Waals surface area contributed by atoms with Crippen LogP contribution < -0.4 is 0 Å². The normalized spacial score (nSPS) is 9.50. The Morgan fingerprint density at radius 1 is 1.57 bits per heavy atom. The van der Waals surface area contributed by atoms with Crippen LogP contribution in [0.5, 0.6) is 0 Å². The van der Waals surface area contributed by atoms with Crippen molar-refractivity contribution in [1.82, 2.24) is 0 Å². The second-order valence-electron chi connectivity index (χ2n) is 2.64. The van der Waals surface area contributed by atoms with Crippen molar-refractivity contribution in [2.24, 2.45) is 0 Å². The fourth-order valence-corrected chi connectivity index (χ4v) is 1.28. The number of rotatable bonds is 3. The average Bonchev–Trinajstić information content (AvgIpc) is 2.17. The molecule has 0 radical (unpaired) electrons. The van der Waals surface area contributed by atoms with E-state index in [1.807, 2.05) is 0 Å². The van der Waals surface area contributed by atoms with Crippen LogP contribution in [0.25, 0.3) is 0 Å². The van der Waals surface area contributed by atoms with Crippen LogP contribution in [0.3, 0.4) is 0 Å². The van der Waals surface area contributed by atoms with Crippen molar-refractivity contribution >= 4 is 17.4 Å². The van der Waals surface area contributed by atoms with Gasteiger partial charge in [0, 0.05) is 12.3 Å². The first kappa shape index (κ1) is 10.7. The minimum absolute atomic E-state index is 0.0389. The van der Waals surface area contributed by atoms with Gasteiger partial charge < -0.3 is 0 Å². The first-order chi connectivity index (χ1) is 6.70. The summed E-state index contributed by atoms with van der Waals surface area (Å²) in [6.07, 6.45) is 0.0389. The molecule has 0 unspecified atom stereocenters. The van der Waals surface area contributed by atoms with Crippen molar-refractivity contribution in [1.29, 1.82) is 5.26 Å². The van der Waals surface area contributed by atoms with Crippen LogP contribution >= 0.6 is 11.6 Å². The van der Waals surface area contributed by atoms with Crippen LogP contribution in [0.1, 0.15) is 22.3 Å². The molecule has 0 amide bonds. The van der Waals surface area contributed by atoms with Gasteiger partial charge in [-0.05, 0) is 12.1 Å². The number of nitrogens with zero attached hydrogens (tertiary/aromatic N) is 1.